The summed E-state index contributed by atoms with van der Waals surface area (Å²) in [5, 5.41) is 0. The summed E-state index contributed by atoms with van der Waals surface area (Å²) in [6, 6.07) is 3.07. The van der Waals surface area contributed by atoms with Gasteiger partial charge in [-0.3, -0.25) is 0 Å². The van der Waals surface area contributed by atoms with Gasteiger partial charge in [-0.25, -0.2) is 0 Å². The van der Waals surface area contributed by atoms with Crippen molar-refractivity contribution in [1.29, 1.82) is 0 Å². The molecule has 3 heteroatoms. The Kier molecular flexibility index (Phi) is 6.00. The molecule has 0 spiro atoms. The van der Waals surface area contributed by atoms with Gasteiger partial charge < -0.3 is 0 Å². The van der Waals surface area contributed by atoms with Crippen LogP contribution < -0.4 is 0 Å². The van der Waals surface area contributed by atoms with Gasteiger partial charge in [0.25, 0.3) is 0 Å². The quantitative estimate of drug-likeness (QED) is 0.482. The highest BCUT2D eigenvalue weighted by molar-refractivity contribution is 7.08. The molecular formula is C18H40Si3. The van der Waals surface area contributed by atoms with E-state index in [1.807, 2.05) is 0 Å². The average molecular weight is 341 g/mol. The van der Waals surface area contributed by atoms with E-state index in [1.54, 1.807) is 0 Å². The fraction of sp³-hybridized carbons (Fsp3) is 0.889. The third-order valence-corrected chi connectivity index (χ3v) is 24.3. The van der Waals surface area contributed by atoms with Crippen molar-refractivity contribution in [2.24, 2.45) is 0 Å². The lowest BCUT2D eigenvalue weighted by molar-refractivity contribution is 0.832. The highest BCUT2D eigenvalue weighted by atomic mass is 28.4. The molecular weight excluding hydrogens is 300 g/mol. The van der Waals surface area contributed by atoms with Crippen molar-refractivity contribution >= 4 is 24.2 Å². The third-order valence-electron chi connectivity index (χ3n) is 6.46. The van der Waals surface area contributed by atoms with Gasteiger partial charge >= 0.3 is 0 Å². The van der Waals surface area contributed by atoms with E-state index in [1.165, 1.54) is 18.5 Å². The molecule has 1 fully saturated rings. The normalized spacial score (nSPS) is 22.2. The largest absolute Gasteiger partial charge is 0.102 e. The second-order valence-corrected chi connectivity index (χ2v) is 25.5. The zero-order valence-corrected chi connectivity index (χ0v) is 19.4. The van der Waals surface area contributed by atoms with Crippen LogP contribution in [0.4, 0.5) is 0 Å². The van der Waals surface area contributed by atoms with Crippen LogP contribution in [0.3, 0.4) is 0 Å². The van der Waals surface area contributed by atoms with Crippen LogP contribution in [0, 0.1) is 0 Å². The Morgan fingerprint density at radius 3 is 1.38 bits per heavy atom. The van der Waals surface area contributed by atoms with Gasteiger partial charge in [0.05, 0.1) is 24.2 Å². The van der Waals surface area contributed by atoms with Crippen LogP contribution in [-0.2, 0) is 0 Å². The standard InChI is InChI=1S/C18H40Si3/c1-15(2)21(16(3)4,17(5)6)14-18-19(7,8)12-11-13-20(18,9)10/h14-17H,11-13H2,1-10H3. The molecule has 124 valence electrons. The number of hydrogen-bond donors (Lipinski definition) is 0. The molecule has 1 aliphatic rings. The molecule has 1 heterocycles. The second-order valence-electron chi connectivity index (χ2n) is 9.64. The van der Waals surface area contributed by atoms with E-state index < -0.39 is 24.2 Å². The average Bonchev–Trinajstić information content (AvgIpc) is 2.25. The fourth-order valence-electron chi connectivity index (χ4n) is 5.30. The van der Waals surface area contributed by atoms with Crippen LogP contribution in [0.15, 0.2) is 10.5 Å². The lowest BCUT2D eigenvalue weighted by Crippen LogP contribution is -2.52. The first-order chi connectivity index (χ1) is 9.38. The summed E-state index contributed by atoms with van der Waals surface area (Å²) in [4.78, 5) is 2.06. The van der Waals surface area contributed by atoms with Gasteiger partial charge in [0.1, 0.15) is 0 Å². The Labute approximate surface area is 137 Å². The molecule has 0 bridgehead atoms. The first-order valence-corrected chi connectivity index (χ1v) is 17.8. The molecule has 0 aromatic carbocycles. The molecule has 0 aliphatic carbocycles. The summed E-state index contributed by atoms with van der Waals surface area (Å²) in [7, 11) is -3.68. The molecule has 1 rings (SSSR count). The minimum atomic E-state index is -1.39. The smallest absolute Gasteiger partial charge is 0.0844 e. The topological polar surface area (TPSA) is 0 Å². The van der Waals surface area contributed by atoms with Crippen LogP contribution in [0.1, 0.15) is 48.0 Å². The van der Waals surface area contributed by atoms with E-state index in [-0.39, 0.29) is 0 Å². The molecule has 0 amide bonds. The van der Waals surface area contributed by atoms with Gasteiger partial charge in [-0.2, -0.15) is 0 Å². The molecule has 0 nitrogen and oxygen atoms in total. The molecule has 21 heavy (non-hydrogen) atoms. The minimum absolute atomic E-state index is 0.863. The molecule has 0 aromatic rings. The molecule has 0 saturated carbocycles. The van der Waals surface area contributed by atoms with Crippen LogP contribution in [0.25, 0.3) is 0 Å². The summed E-state index contributed by atoms with van der Waals surface area (Å²) in [6.45, 7) is 25.7. The Hall–Kier alpha value is 0.391. The maximum absolute atomic E-state index is 3.00. The summed E-state index contributed by atoms with van der Waals surface area (Å²) in [5.41, 5.74) is 5.59. The van der Waals surface area contributed by atoms with Crippen molar-refractivity contribution < 1.29 is 0 Å². The number of hydrogen-bond acceptors (Lipinski definition) is 0. The van der Waals surface area contributed by atoms with Gasteiger partial charge in [-0.1, -0.05) is 91.1 Å². The zero-order valence-electron chi connectivity index (χ0n) is 16.4. The molecule has 1 saturated heterocycles. The lowest BCUT2D eigenvalue weighted by atomic mass is 10.5. The van der Waals surface area contributed by atoms with E-state index in [4.69, 9.17) is 0 Å². The first kappa shape index (κ1) is 19.4. The molecule has 0 unspecified atom stereocenters. The van der Waals surface area contributed by atoms with Gasteiger partial charge in [0.15, 0.2) is 0 Å². The molecule has 0 radical (unpaired) electrons. The van der Waals surface area contributed by atoms with Crippen molar-refractivity contribution in [2.75, 3.05) is 0 Å². The highest BCUT2D eigenvalue weighted by Gasteiger charge is 2.46. The van der Waals surface area contributed by atoms with Crippen LogP contribution in [0.2, 0.25) is 54.9 Å². The third kappa shape index (κ3) is 3.66. The predicted octanol–water partition coefficient (Wildman–Crippen LogP) is 7.03. The minimum Gasteiger partial charge on any atom is -0.102 e. The monoisotopic (exact) mass is 340 g/mol. The van der Waals surface area contributed by atoms with Crippen LogP contribution in [-0.4, -0.2) is 24.2 Å². The van der Waals surface area contributed by atoms with Crippen molar-refractivity contribution in [1.82, 2.24) is 0 Å². The van der Waals surface area contributed by atoms with E-state index in [9.17, 15) is 0 Å². The maximum atomic E-state index is 3.00. The first-order valence-electron chi connectivity index (χ1n) is 9.11. The Bertz CT molecular complexity index is 349. The SMILES string of the molecule is CC(C)[Si](C=C1[Si](C)(C)CCC[Si]1(C)C)(C(C)C)C(C)C. The maximum Gasteiger partial charge on any atom is 0.0844 e. The Morgan fingerprint density at radius 1 is 0.762 bits per heavy atom. The van der Waals surface area contributed by atoms with E-state index in [0.717, 1.165) is 16.6 Å². The van der Waals surface area contributed by atoms with Gasteiger partial charge in [-0.05, 0) is 16.6 Å². The zero-order chi connectivity index (χ0) is 16.6. The summed E-state index contributed by atoms with van der Waals surface area (Å²) in [6.07, 6.45) is 1.51. The van der Waals surface area contributed by atoms with Gasteiger partial charge in [0, 0.05) is 0 Å². The fourth-order valence-corrected chi connectivity index (χ4v) is 26.5. The predicted molar refractivity (Wildman–Crippen MR) is 108 cm³/mol. The summed E-state index contributed by atoms with van der Waals surface area (Å²) < 4.78 is 0. The summed E-state index contributed by atoms with van der Waals surface area (Å²) in [5.74, 6) is 0. The Morgan fingerprint density at radius 2 is 1.10 bits per heavy atom. The molecule has 0 aromatic heterocycles. The van der Waals surface area contributed by atoms with E-state index in [0.29, 0.717) is 0 Å². The Balaban J connectivity index is 3.50. The van der Waals surface area contributed by atoms with Crippen LogP contribution in [0.5, 0.6) is 0 Å². The lowest BCUT2D eigenvalue weighted by Gasteiger charge is -2.47. The van der Waals surface area contributed by atoms with Crippen molar-refractivity contribution in [3.8, 4) is 0 Å². The summed E-state index contributed by atoms with van der Waals surface area (Å²) >= 11 is 0. The van der Waals surface area contributed by atoms with Crippen molar-refractivity contribution in [3.05, 3.63) is 10.5 Å². The number of rotatable bonds is 4. The highest BCUT2D eigenvalue weighted by Crippen LogP contribution is 2.47. The van der Waals surface area contributed by atoms with Crippen molar-refractivity contribution in [2.45, 2.75) is 103 Å². The van der Waals surface area contributed by atoms with E-state index in [2.05, 4.69) is 78.2 Å². The second kappa shape index (κ2) is 6.48. The van der Waals surface area contributed by atoms with Crippen LogP contribution >= 0.6 is 0 Å². The molecule has 0 N–H and O–H groups in total. The van der Waals surface area contributed by atoms with Gasteiger partial charge in [-0.15, -0.1) is 5.70 Å². The molecule has 1 aliphatic heterocycles. The molecule has 0 atom stereocenters. The van der Waals surface area contributed by atoms with E-state index >= 15 is 0 Å². The van der Waals surface area contributed by atoms with Gasteiger partial charge in [0.2, 0.25) is 0 Å². The van der Waals surface area contributed by atoms with Crippen molar-refractivity contribution in [3.63, 3.8) is 0 Å².